The maximum Gasteiger partial charge on any atom is 0.335 e. The first kappa shape index (κ1) is 26.2. The van der Waals surface area contributed by atoms with Crippen molar-refractivity contribution >= 4 is 45.2 Å². The number of carbonyl (C=O) groups excluding carboxylic acids is 2. The third-order valence-corrected chi connectivity index (χ3v) is 6.61. The molecule has 0 radical (unpaired) electrons. The van der Waals surface area contributed by atoms with Gasteiger partial charge in [-0.05, 0) is 70.0 Å². The van der Waals surface area contributed by atoms with Gasteiger partial charge in [0, 0.05) is 16.6 Å². The van der Waals surface area contributed by atoms with E-state index in [1.165, 1.54) is 29.2 Å². The van der Waals surface area contributed by atoms with Crippen molar-refractivity contribution in [3.05, 3.63) is 88.4 Å². The molecule has 4 rings (SSSR count). The van der Waals surface area contributed by atoms with Crippen LogP contribution in [-0.4, -0.2) is 53.3 Å². The van der Waals surface area contributed by atoms with Gasteiger partial charge in [0.05, 0.1) is 30.3 Å². The Morgan fingerprint density at radius 1 is 1.00 bits per heavy atom. The van der Waals surface area contributed by atoms with E-state index in [4.69, 9.17) is 9.84 Å². The van der Waals surface area contributed by atoms with E-state index in [1.54, 1.807) is 30.3 Å². The number of likely N-dealkylation sites (tertiary alicyclic amines) is 1. The van der Waals surface area contributed by atoms with Crippen molar-refractivity contribution < 1.29 is 28.6 Å². The highest BCUT2D eigenvalue weighted by Crippen LogP contribution is 2.24. The number of hydrogen-bond donors (Lipinski definition) is 3. The SMILES string of the molecule is O=C(Nc1ccc(CC(=O)N2C[C@@H](F)C[C@H]2COc2ccc(C(=O)O)cc2)cc1)Nc1ccccc1Br. The van der Waals surface area contributed by atoms with Gasteiger partial charge in [-0.1, -0.05) is 24.3 Å². The van der Waals surface area contributed by atoms with E-state index < -0.39 is 24.2 Å². The lowest BCUT2D eigenvalue weighted by molar-refractivity contribution is -0.132. The van der Waals surface area contributed by atoms with Crippen LogP contribution in [0.4, 0.5) is 20.6 Å². The Bertz CT molecular complexity index is 1270. The highest BCUT2D eigenvalue weighted by Gasteiger charge is 2.35. The maximum absolute atomic E-state index is 14.2. The number of benzene rings is 3. The predicted molar refractivity (Wildman–Crippen MR) is 141 cm³/mol. The van der Waals surface area contributed by atoms with Crippen LogP contribution < -0.4 is 15.4 Å². The second-order valence-corrected chi connectivity index (χ2v) is 9.46. The lowest BCUT2D eigenvalue weighted by atomic mass is 10.1. The molecule has 1 aliphatic heterocycles. The number of urea groups is 1. The van der Waals surface area contributed by atoms with Crippen molar-refractivity contribution in [1.82, 2.24) is 4.90 Å². The summed E-state index contributed by atoms with van der Waals surface area (Å²) in [6, 6.07) is 19.2. The summed E-state index contributed by atoms with van der Waals surface area (Å²) in [5, 5.41) is 14.5. The summed E-state index contributed by atoms with van der Waals surface area (Å²) in [5.41, 5.74) is 2.06. The van der Waals surface area contributed by atoms with E-state index in [0.717, 1.165) is 10.0 Å². The molecule has 0 aromatic heterocycles. The Balaban J connectivity index is 1.30. The largest absolute Gasteiger partial charge is 0.491 e. The number of halogens is 2. The van der Waals surface area contributed by atoms with Crippen molar-refractivity contribution in [3.63, 3.8) is 0 Å². The molecule has 3 aromatic rings. The number of carbonyl (C=O) groups is 3. The van der Waals surface area contributed by atoms with E-state index in [0.29, 0.717) is 17.1 Å². The van der Waals surface area contributed by atoms with E-state index in [2.05, 4.69) is 26.6 Å². The van der Waals surface area contributed by atoms with Crippen LogP contribution in [0.2, 0.25) is 0 Å². The Morgan fingerprint density at radius 3 is 2.38 bits per heavy atom. The van der Waals surface area contributed by atoms with Crippen LogP contribution in [-0.2, 0) is 11.2 Å². The minimum absolute atomic E-state index is 0.000329. The monoisotopic (exact) mass is 569 g/mol. The van der Waals surface area contributed by atoms with Crippen LogP contribution in [0.3, 0.4) is 0 Å². The Hall–Kier alpha value is -3.92. The van der Waals surface area contributed by atoms with Gasteiger partial charge in [-0.3, -0.25) is 4.79 Å². The zero-order chi connectivity index (χ0) is 26.4. The quantitative estimate of drug-likeness (QED) is 0.339. The molecule has 3 amide bonds. The number of para-hydroxylation sites is 1. The summed E-state index contributed by atoms with van der Waals surface area (Å²) in [7, 11) is 0. The molecule has 1 heterocycles. The predicted octanol–water partition coefficient (Wildman–Crippen LogP) is 5.35. The summed E-state index contributed by atoms with van der Waals surface area (Å²) < 4.78 is 20.6. The van der Waals surface area contributed by atoms with Gasteiger partial charge in [-0.2, -0.15) is 0 Å². The summed E-state index contributed by atoms with van der Waals surface area (Å²) in [4.78, 5) is 37.7. The summed E-state index contributed by atoms with van der Waals surface area (Å²) in [5.74, 6) is -0.805. The van der Waals surface area contributed by atoms with Gasteiger partial charge in [0.1, 0.15) is 18.5 Å². The molecule has 1 aliphatic rings. The normalized spacial score (nSPS) is 16.8. The zero-order valence-corrected chi connectivity index (χ0v) is 21.3. The lowest BCUT2D eigenvalue weighted by Crippen LogP contribution is -2.40. The number of hydrogen-bond acceptors (Lipinski definition) is 4. The topological polar surface area (TPSA) is 108 Å². The molecule has 10 heteroatoms. The summed E-state index contributed by atoms with van der Waals surface area (Å²) in [6.07, 6.45) is -0.879. The molecule has 8 nitrogen and oxygen atoms in total. The molecule has 0 unspecified atom stereocenters. The van der Waals surface area contributed by atoms with Crippen LogP contribution in [0.1, 0.15) is 22.3 Å². The Labute approximate surface area is 221 Å². The minimum Gasteiger partial charge on any atom is -0.491 e. The number of nitrogens with one attached hydrogen (secondary N) is 2. The molecular weight excluding hydrogens is 545 g/mol. The average Bonchev–Trinajstić information content (AvgIpc) is 3.26. The number of amides is 3. The average molecular weight is 570 g/mol. The minimum atomic E-state index is -1.14. The fourth-order valence-corrected chi connectivity index (χ4v) is 4.42. The van der Waals surface area contributed by atoms with Gasteiger partial charge in [-0.15, -0.1) is 0 Å². The number of carboxylic acid groups (broad SMARTS) is 1. The molecule has 0 saturated carbocycles. The number of rotatable bonds is 8. The van der Waals surface area contributed by atoms with Gasteiger partial charge < -0.3 is 25.4 Å². The third kappa shape index (κ3) is 7.07. The van der Waals surface area contributed by atoms with Gasteiger partial charge in [-0.25, -0.2) is 14.0 Å². The van der Waals surface area contributed by atoms with Crippen LogP contribution in [0, 0.1) is 0 Å². The first-order valence-electron chi connectivity index (χ1n) is 11.6. The van der Waals surface area contributed by atoms with Crippen molar-refractivity contribution in [3.8, 4) is 5.75 Å². The molecular formula is C27H25BrFN3O5. The van der Waals surface area contributed by atoms with Crippen molar-refractivity contribution in [2.45, 2.75) is 25.1 Å². The molecule has 192 valence electrons. The highest BCUT2D eigenvalue weighted by atomic mass is 79.9. The first-order chi connectivity index (χ1) is 17.8. The standard InChI is InChI=1S/C27H25BrFN3O5/c28-23-3-1-2-4-24(23)31-27(36)30-20-9-5-17(6-10-20)13-25(33)32-15-19(29)14-21(32)16-37-22-11-7-18(8-12-22)26(34)35/h1-12,19,21H,13-16H2,(H,34,35)(H2,30,31,36)/t19-,21-/m0/s1. The molecule has 3 aromatic carbocycles. The maximum atomic E-state index is 14.2. The molecule has 1 fully saturated rings. The van der Waals surface area contributed by atoms with Crippen molar-refractivity contribution in [1.29, 1.82) is 0 Å². The van der Waals surface area contributed by atoms with E-state index in [1.807, 2.05) is 18.2 Å². The molecule has 2 atom stereocenters. The van der Waals surface area contributed by atoms with Gasteiger partial charge in [0.2, 0.25) is 5.91 Å². The molecule has 37 heavy (non-hydrogen) atoms. The lowest BCUT2D eigenvalue weighted by Gasteiger charge is -2.24. The van der Waals surface area contributed by atoms with E-state index in [9.17, 15) is 18.8 Å². The fourth-order valence-electron chi connectivity index (χ4n) is 4.04. The van der Waals surface area contributed by atoms with Gasteiger partial charge in [0.15, 0.2) is 0 Å². The number of anilines is 2. The summed E-state index contributed by atoms with van der Waals surface area (Å²) >= 11 is 3.38. The zero-order valence-electron chi connectivity index (χ0n) is 19.7. The first-order valence-corrected chi connectivity index (χ1v) is 12.4. The van der Waals surface area contributed by atoms with Crippen molar-refractivity contribution in [2.75, 3.05) is 23.8 Å². The van der Waals surface area contributed by atoms with Crippen LogP contribution in [0.25, 0.3) is 0 Å². The second-order valence-electron chi connectivity index (χ2n) is 8.61. The van der Waals surface area contributed by atoms with Crippen LogP contribution in [0.15, 0.2) is 77.3 Å². The second kappa shape index (κ2) is 11.9. The molecule has 0 aliphatic carbocycles. The highest BCUT2D eigenvalue weighted by molar-refractivity contribution is 9.10. The van der Waals surface area contributed by atoms with E-state index in [-0.39, 0.29) is 37.5 Å². The Kier molecular flexibility index (Phi) is 8.39. The van der Waals surface area contributed by atoms with Crippen molar-refractivity contribution in [2.24, 2.45) is 0 Å². The molecule has 3 N–H and O–H groups in total. The number of aromatic carboxylic acids is 1. The number of carboxylic acids is 1. The smallest absolute Gasteiger partial charge is 0.335 e. The van der Waals surface area contributed by atoms with Crippen LogP contribution >= 0.6 is 15.9 Å². The number of alkyl halides is 1. The number of ether oxygens (including phenoxy) is 1. The van der Waals surface area contributed by atoms with Crippen LogP contribution in [0.5, 0.6) is 5.75 Å². The fraction of sp³-hybridized carbons (Fsp3) is 0.222. The summed E-state index contributed by atoms with van der Waals surface area (Å²) in [6.45, 7) is 0.105. The van der Waals surface area contributed by atoms with E-state index >= 15 is 0 Å². The Morgan fingerprint density at radius 2 is 1.70 bits per heavy atom. The van der Waals surface area contributed by atoms with Gasteiger partial charge in [0.25, 0.3) is 0 Å². The third-order valence-electron chi connectivity index (χ3n) is 5.92. The molecule has 1 saturated heterocycles. The molecule has 0 spiro atoms. The van der Waals surface area contributed by atoms with Gasteiger partial charge >= 0.3 is 12.0 Å². The molecule has 0 bridgehead atoms. The number of nitrogens with zero attached hydrogens (tertiary/aromatic N) is 1.